The zero-order chi connectivity index (χ0) is 21.0. The van der Waals surface area contributed by atoms with Crippen LogP contribution in [0.25, 0.3) is 0 Å². The highest BCUT2D eigenvalue weighted by Gasteiger charge is 2.42. The number of amides is 1. The molecule has 2 heterocycles. The molecule has 2 aromatic carbocycles. The van der Waals surface area contributed by atoms with E-state index in [9.17, 15) is 4.79 Å². The number of aryl methyl sites for hydroxylation is 1. The molecule has 4 rings (SSSR count). The monoisotopic (exact) mass is 423 g/mol. The summed E-state index contributed by atoms with van der Waals surface area (Å²) in [6.07, 6.45) is 1.02. The Morgan fingerprint density at radius 3 is 2.63 bits per heavy atom. The Labute approximate surface area is 180 Å². The number of anilines is 1. The predicted molar refractivity (Wildman–Crippen MR) is 117 cm³/mol. The average Bonchev–Trinajstić information content (AvgIpc) is 3.23. The van der Waals surface area contributed by atoms with E-state index in [-0.39, 0.29) is 12.0 Å². The van der Waals surface area contributed by atoms with E-state index in [0.29, 0.717) is 36.2 Å². The molecule has 0 radical (unpaired) electrons. The molecular formula is C23H25N3O3S. The van der Waals surface area contributed by atoms with E-state index in [4.69, 9.17) is 9.47 Å². The van der Waals surface area contributed by atoms with E-state index >= 15 is 0 Å². The van der Waals surface area contributed by atoms with E-state index in [2.05, 4.69) is 21.6 Å². The highest BCUT2D eigenvalue weighted by molar-refractivity contribution is 7.15. The zero-order valence-electron chi connectivity index (χ0n) is 17.1. The molecule has 1 aliphatic rings. The first kappa shape index (κ1) is 20.5. The second kappa shape index (κ2) is 8.93. The molecule has 1 N–H and O–H groups in total. The van der Waals surface area contributed by atoms with Crippen molar-refractivity contribution in [2.24, 2.45) is 0 Å². The van der Waals surface area contributed by atoms with E-state index < -0.39 is 5.41 Å². The average molecular weight is 424 g/mol. The number of hydrogen-bond acceptors (Lipinski definition) is 6. The van der Waals surface area contributed by atoms with Crippen LogP contribution in [0, 0.1) is 6.92 Å². The highest BCUT2D eigenvalue weighted by atomic mass is 32.1. The maximum Gasteiger partial charge on any atom is 0.237 e. The summed E-state index contributed by atoms with van der Waals surface area (Å²) in [5, 5.41) is 12.6. The SMILES string of the molecule is Cc1cccc(C2(C(=O)Nc3nnc([C@@H](C)Oc4ccccc4)s3)CCOCC2)c1. The number of rotatable bonds is 6. The Morgan fingerprint density at radius 2 is 1.90 bits per heavy atom. The van der Waals surface area contributed by atoms with Gasteiger partial charge < -0.3 is 9.47 Å². The fraction of sp³-hybridized carbons (Fsp3) is 0.348. The second-order valence-corrected chi connectivity index (χ2v) is 8.55. The molecule has 156 valence electrons. The first-order valence-electron chi connectivity index (χ1n) is 10.1. The molecule has 1 fully saturated rings. The van der Waals surface area contributed by atoms with Crippen LogP contribution < -0.4 is 10.1 Å². The molecule has 1 saturated heterocycles. The lowest BCUT2D eigenvalue weighted by Gasteiger charge is -2.36. The minimum atomic E-state index is -0.623. The Morgan fingerprint density at radius 1 is 1.13 bits per heavy atom. The molecule has 1 amide bonds. The number of nitrogens with zero attached hydrogens (tertiary/aromatic N) is 2. The van der Waals surface area contributed by atoms with Crippen LogP contribution in [-0.4, -0.2) is 29.3 Å². The third-order valence-electron chi connectivity index (χ3n) is 5.42. The lowest BCUT2D eigenvalue weighted by atomic mass is 9.73. The topological polar surface area (TPSA) is 73.3 Å². The van der Waals surface area contributed by atoms with Gasteiger partial charge in [0.15, 0.2) is 5.01 Å². The number of para-hydroxylation sites is 1. The molecule has 30 heavy (non-hydrogen) atoms. The van der Waals surface area contributed by atoms with Gasteiger partial charge in [-0.1, -0.05) is 59.4 Å². The standard InChI is InChI=1S/C23H25N3O3S/c1-16-7-6-8-18(15-16)23(11-13-28-14-12-23)21(27)24-22-26-25-20(30-22)17(2)29-19-9-4-3-5-10-19/h3-10,15,17H,11-14H2,1-2H3,(H,24,26,27)/t17-/m1/s1. The second-order valence-electron chi connectivity index (χ2n) is 7.54. The maximum atomic E-state index is 13.4. The number of carbonyl (C=O) groups is 1. The van der Waals surface area contributed by atoms with Crippen LogP contribution in [-0.2, 0) is 14.9 Å². The Balaban J connectivity index is 1.51. The third kappa shape index (κ3) is 4.37. The Kier molecular flexibility index (Phi) is 6.11. The van der Waals surface area contributed by atoms with Crippen LogP contribution in [0.3, 0.4) is 0 Å². The summed E-state index contributed by atoms with van der Waals surface area (Å²) < 4.78 is 11.5. The zero-order valence-corrected chi connectivity index (χ0v) is 17.9. The first-order valence-corrected chi connectivity index (χ1v) is 10.9. The van der Waals surface area contributed by atoms with E-state index in [1.54, 1.807) is 0 Å². The van der Waals surface area contributed by atoms with Crippen molar-refractivity contribution < 1.29 is 14.3 Å². The predicted octanol–water partition coefficient (Wildman–Crippen LogP) is 4.67. The van der Waals surface area contributed by atoms with Crippen LogP contribution in [0.4, 0.5) is 5.13 Å². The summed E-state index contributed by atoms with van der Waals surface area (Å²) in [6.45, 7) is 5.08. The molecule has 1 aromatic heterocycles. The molecule has 1 atom stereocenters. The van der Waals surface area contributed by atoms with Crippen LogP contribution >= 0.6 is 11.3 Å². The molecule has 0 unspecified atom stereocenters. The molecule has 1 aliphatic heterocycles. The molecule has 0 saturated carbocycles. The van der Waals surface area contributed by atoms with E-state index in [1.165, 1.54) is 11.3 Å². The molecule has 6 nitrogen and oxygen atoms in total. The van der Waals surface area contributed by atoms with Gasteiger partial charge in [0, 0.05) is 13.2 Å². The molecule has 0 aliphatic carbocycles. The number of ether oxygens (including phenoxy) is 2. The van der Waals surface area contributed by atoms with Gasteiger partial charge in [-0.2, -0.15) is 0 Å². The lowest BCUT2D eigenvalue weighted by Crippen LogP contribution is -2.44. The van der Waals surface area contributed by atoms with Crippen molar-refractivity contribution in [2.75, 3.05) is 18.5 Å². The lowest BCUT2D eigenvalue weighted by molar-refractivity contribution is -0.125. The number of benzene rings is 2. The van der Waals surface area contributed by atoms with Crippen molar-refractivity contribution in [1.29, 1.82) is 0 Å². The van der Waals surface area contributed by atoms with Crippen molar-refractivity contribution in [3.8, 4) is 5.75 Å². The molecular weight excluding hydrogens is 398 g/mol. The molecule has 7 heteroatoms. The minimum absolute atomic E-state index is 0.0595. The van der Waals surface area contributed by atoms with Crippen molar-refractivity contribution >= 4 is 22.4 Å². The van der Waals surface area contributed by atoms with Crippen molar-refractivity contribution in [3.05, 3.63) is 70.7 Å². The number of nitrogens with one attached hydrogen (secondary N) is 1. The van der Waals surface area contributed by atoms with Gasteiger partial charge in [0.05, 0.1) is 5.41 Å². The Bertz CT molecular complexity index is 1000. The van der Waals surface area contributed by atoms with Gasteiger partial charge in [-0.05, 0) is 44.4 Å². The normalized spacial score (nSPS) is 16.6. The van der Waals surface area contributed by atoms with E-state index in [0.717, 1.165) is 16.9 Å². The molecule has 3 aromatic rings. The highest BCUT2D eigenvalue weighted by Crippen LogP contribution is 2.37. The number of carbonyl (C=O) groups excluding carboxylic acids is 1. The van der Waals surface area contributed by atoms with Gasteiger partial charge in [-0.3, -0.25) is 10.1 Å². The van der Waals surface area contributed by atoms with Crippen molar-refractivity contribution in [2.45, 2.75) is 38.2 Å². The van der Waals surface area contributed by atoms with Crippen LogP contribution in [0.15, 0.2) is 54.6 Å². The summed E-state index contributed by atoms with van der Waals surface area (Å²) in [5.41, 5.74) is 1.53. The number of hydrogen-bond donors (Lipinski definition) is 1. The summed E-state index contributed by atoms with van der Waals surface area (Å²) in [7, 11) is 0. The Hall–Kier alpha value is -2.77. The van der Waals surface area contributed by atoms with Crippen molar-refractivity contribution in [1.82, 2.24) is 10.2 Å². The van der Waals surface area contributed by atoms with Crippen LogP contribution in [0.2, 0.25) is 0 Å². The van der Waals surface area contributed by atoms with Gasteiger partial charge in [0.25, 0.3) is 0 Å². The fourth-order valence-electron chi connectivity index (χ4n) is 3.73. The van der Waals surface area contributed by atoms with Crippen LogP contribution in [0.5, 0.6) is 5.75 Å². The van der Waals surface area contributed by atoms with E-state index in [1.807, 2.05) is 62.4 Å². The van der Waals surface area contributed by atoms with Gasteiger partial charge >= 0.3 is 0 Å². The first-order chi connectivity index (χ1) is 14.6. The summed E-state index contributed by atoms with van der Waals surface area (Å²) in [4.78, 5) is 13.4. The minimum Gasteiger partial charge on any atom is -0.483 e. The van der Waals surface area contributed by atoms with Gasteiger partial charge in [-0.15, -0.1) is 10.2 Å². The number of aromatic nitrogens is 2. The maximum absolute atomic E-state index is 13.4. The van der Waals surface area contributed by atoms with Crippen molar-refractivity contribution in [3.63, 3.8) is 0 Å². The van der Waals surface area contributed by atoms with Gasteiger partial charge in [0.2, 0.25) is 11.0 Å². The quantitative estimate of drug-likeness (QED) is 0.624. The van der Waals surface area contributed by atoms with Crippen LogP contribution in [0.1, 0.15) is 42.0 Å². The summed E-state index contributed by atoms with van der Waals surface area (Å²) in [6, 6.07) is 17.7. The van der Waals surface area contributed by atoms with Gasteiger partial charge in [0.1, 0.15) is 11.9 Å². The molecule has 0 bridgehead atoms. The fourth-order valence-corrected chi connectivity index (χ4v) is 4.45. The summed E-state index contributed by atoms with van der Waals surface area (Å²) in [5.74, 6) is 0.710. The summed E-state index contributed by atoms with van der Waals surface area (Å²) >= 11 is 1.34. The third-order valence-corrected chi connectivity index (χ3v) is 6.42. The largest absolute Gasteiger partial charge is 0.483 e. The molecule has 0 spiro atoms. The smallest absolute Gasteiger partial charge is 0.237 e. The van der Waals surface area contributed by atoms with Gasteiger partial charge in [-0.25, -0.2) is 0 Å².